The fourth-order valence-electron chi connectivity index (χ4n) is 3.06. The fourth-order valence-corrected chi connectivity index (χ4v) is 3.06. The molecule has 0 spiro atoms. The van der Waals surface area contributed by atoms with Gasteiger partial charge in [0, 0.05) is 25.1 Å². The van der Waals surface area contributed by atoms with E-state index in [0.29, 0.717) is 5.92 Å². The maximum atomic E-state index is 5.53. The molecule has 1 saturated heterocycles. The van der Waals surface area contributed by atoms with E-state index in [1.165, 1.54) is 19.3 Å². The van der Waals surface area contributed by atoms with Gasteiger partial charge < -0.3 is 10.3 Å². The lowest BCUT2D eigenvalue weighted by atomic mass is 9.92. The van der Waals surface area contributed by atoms with E-state index in [0.717, 1.165) is 42.4 Å². The summed E-state index contributed by atoms with van der Waals surface area (Å²) in [6, 6.07) is 1.97. The lowest BCUT2D eigenvalue weighted by Crippen LogP contribution is -2.39. The molecule has 1 aromatic heterocycles. The van der Waals surface area contributed by atoms with E-state index in [1.807, 2.05) is 6.07 Å². The van der Waals surface area contributed by atoms with Gasteiger partial charge in [0.15, 0.2) is 0 Å². The molecule has 0 amide bonds. The second-order valence-corrected chi connectivity index (χ2v) is 6.24. The van der Waals surface area contributed by atoms with Crippen LogP contribution in [-0.4, -0.2) is 23.1 Å². The summed E-state index contributed by atoms with van der Waals surface area (Å²) in [5.74, 6) is 10.2. The Hall–Kier alpha value is -1.36. The summed E-state index contributed by atoms with van der Waals surface area (Å²) in [6.07, 6.45) is 3.72. The van der Waals surface area contributed by atoms with E-state index in [4.69, 9.17) is 10.8 Å². The first kappa shape index (κ1) is 12.7. The van der Waals surface area contributed by atoms with Crippen LogP contribution in [-0.2, 0) is 0 Å². The Morgan fingerprint density at radius 3 is 2.47 bits per heavy atom. The molecule has 104 valence electrons. The Balaban J connectivity index is 1.87. The molecule has 1 saturated carbocycles. The number of hydrogen-bond donors (Lipinski definition) is 2. The van der Waals surface area contributed by atoms with Crippen LogP contribution < -0.4 is 16.2 Å². The van der Waals surface area contributed by atoms with Crippen LogP contribution in [0.25, 0.3) is 0 Å². The molecule has 3 rings (SSSR count). The molecule has 3 N–H and O–H groups in total. The van der Waals surface area contributed by atoms with E-state index in [2.05, 4.69) is 29.2 Å². The minimum atomic E-state index is 0.548. The molecule has 0 bridgehead atoms. The van der Waals surface area contributed by atoms with Crippen molar-refractivity contribution in [3.05, 3.63) is 11.9 Å². The molecule has 2 heterocycles. The maximum absolute atomic E-state index is 5.53. The molecule has 2 fully saturated rings. The second-order valence-electron chi connectivity index (χ2n) is 6.24. The summed E-state index contributed by atoms with van der Waals surface area (Å²) in [4.78, 5) is 11.6. The Labute approximate surface area is 114 Å². The normalized spacial score (nSPS) is 27.4. The molecule has 1 aliphatic heterocycles. The van der Waals surface area contributed by atoms with Crippen LogP contribution in [0.1, 0.15) is 44.9 Å². The van der Waals surface area contributed by atoms with Gasteiger partial charge in [0.25, 0.3) is 0 Å². The van der Waals surface area contributed by atoms with Gasteiger partial charge in [-0.15, -0.1) is 0 Å². The lowest BCUT2D eigenvalue weighted by Gasteiger charge is -2.36. The van der Waals surface area contributed by atoms with Crippen LogP contribution in [0.15, 0.2) is 6.07 Å². The van der Waals surface area contributed by atoms with Crippen molar-refractivity contribution in [2.45, 2.75) is 39.0 Å². The van der Waals surface area contributed by atoms with Gasteiger partial charge in [-0.25, -0.2) is 15.8 Å². The zero-order valence-electron chi connectivity index (χ0n) is 11.8. The summed E-state index contributed by atoms with van der Waals surface area (Å²) in [6.45, 7) is 6.78. The van der Waals surface area contributed by atoms with Crippen LogP contribution in [0.4, 0.5) is 11.6 Å². The summed E-state index contributed by atoms with van der Waals surface area (Å²) in [5.41, 5.74) is 2.67. The summed E-state index contributed by atoms with van der Waals surface area (Å²) >= 11 is 0. The van der Waals surface area contributed by atoms with Gasteiger partial charge in [-0.05, 0) is 31.1 Å². The van der Waals surface area contributed by atoms with Crippen LogP contribution in [0.3, 0.4) is 0 Å². The Bertz CT molecular complexity index is 447. The number of nitrogen functional groups attached to an aromatic ring is 1. The molecule has 0 radical (unpaired) electrons. The predicted octanol–water partition coefficient (Wildman–Crippen LogP) is 2.12. The highest BCUT2D eigenvalue weighted by Gasteiger charge is 2.29. The van der Waals surface area contributed by atoms with Crippen molar-refractivity contribution in [2.75, 3.05) is 23.4 Å². The minimum Gasteiger partial charge on any atom is -0.356 e. The number of aromatic nitrogens is 2. The first-order valence-corrected chi connectivity index (χ1v) is 7.26. The number of nitrogens with two attached hydrogens (primary N) is 1. The van der Waals surface area contributed by atoms with Crippen LogP contribution in [0.5, 0.6) is 0 Å². The number of anilines is 2. The molecule has 1 aliphatic carbocycles. The summed E-state index contributed by atoms with van der Waals surface area (Å²) in [7, 11) is 0. The van der Waals surface area contributed by atoms with Crippen molar-refractivity contribution >= 4 is 11.6 Å². The third kappa shape index (κ3) is 2.81. The van der Waals surface area contributed by atoms with Crippen molar-refractivity contribution in [2.24, 2.45) is 17.7 Å². The Kier molecular flexibility index (Phi) is 3.31. The summed E-state index contributed by atoms with van der Waals surface area (Å²) in [5, 5.41) is 0. The zero-order chi connectivity index (χ0) is 13.4. The standard InChI is InChI=1S/C14H23N5/c1-9-5-10(2)8-19(7-9)13-6-12(18-15)16-14(17-13)11-3-4-11/h6,9-11H,3-5,7-8,15H2,1-2H3,(H,16,17,18). The number of piperidine rings is 1. The van der Waals surface area contributed by atoms with E-state index in [9.17, 15) is 0 Å². The quantitative estimate of drug-likeness (QED) is 0.644. The van der Waals surface area contributed by atoms with Gasteiger partial charge in [0.2, 0.25) is 0 Å². The minimum absolute atomic E-state index is 0.548. The predicted molar refractivity (Wildman–Crippen MR) is 77.0 cm³/mol. The first-order chi connectivity index (χ1) is 9.15. The highest BCUT2D eigenvalue weighted by Crippen LogP contribution is 2.39. The Morgan fingerprint density at radius 1 is 1.21 bits per heavy atom. The zero-order valence-corrected chi connectivity index (χ0v) is 11.8. The number of nitrogens with zero attached hydrogens (tertiary/aromatic N) is 3. The van der Waals surface area contributed by atoms with Gasteiger partial charge in [-0.3, -0.25) is 0 Å². The molecule has 2 atom stereocenters. The number of rotatable bonds is 3. The summed E-state index contributed by atoms with van der Waals surface area (Å²) < 4.78 is 0. The van der Waals surface area contributed by atoms with Crippen molar-refractivity contribution in [3.63, 3.8) is 0 Å². The average molecular weight is 261 g/mol. The Morgan fingerprint density at radius 2 is 1.89 bits per heavy atom. The van der Waals surface area contributed by atoms with Gasteiger partial charge in [-0.2, -0.15) is 0 Å². The van der Waals surface area contributed by atoms with E-state index < -0.39 is 0 Å². The molecule has 1 aromatic rings. The van der Waals surface area contributed by atoms with Gasteiger partial charge in [0.05, 0.1) is 0 Å². The smallest absolute Gasteiger partial charge is 0.145 e. The molecule has 2 aliphatic rings. The van der Waals surface area contributed by atoms with Gasteiger partial charge in [0.1, 0.15) is 17.5 Å². The number of nitrogens with one attached hydrogen (secondary N) is 1. The van der Waals surface area contributed by atoms with Crippen LogP contribution >= 0.6 is 0 Å². The second kappa shape index (κ2) is 4.96. The molecule has 19 heavy (non-hydrogen) atoms. The van der Waals surface area contributed by atoms with Crippen LogP contribution in [0, 0.1) is 11.8 Å². The monoisotopic (exact) mass is 261 g/mol. The number of hydrogen-bond acceptors (Lipinski definition) is 5. The van der Waals surface area contributed by atoms with Gasteiger partial charge >= 0.3 is 0 Å². The van der Waals surface area contributed by atoms with Crippen LogP contribution in [0.2, 0.25) is 0 Å². The van der Waals surface area contributed by atoms with Crippen molar-refractivity contribution in [3.8, 4) is 0 Å². The molecule has 5 heteroatoms. The molecular weight excluding hydrogens is 238 g/mol. The highest BCUT2D eigenvalue weighted by molar-refractivity contribution is 5.49. The molecular formula is C14H23N5. The third-order valence-electron chi connectivity index (χ3n) is 4.01. The maximum Gasteiger partial charge on any atom is 0.145 e. The topological polar surface area (TPSA) is 67.1 Å². The lowest BCUT2D eigenvalue weighted by molar-refractivity contribution is 0.355. The SMILES string of the molecule is CC1CC(C)CN(c2cc(NN)nc(C3CC3)n2)C1. The van der Waals surface area contributed by atoms with E-state index in [1.54, 1.807) is 0 Å². The van der Waals surface area contributed by atoms with Crippen molar-refractivity contribution < 1.29 is 0 Å². The van der Waals surface area contributed by atoms with E-state index >= 15 is 0 Å². The van der Waals surface area contributed by atoms with E-state index in [-0.39, 0.29) is 0 Å². The first-order valence-electron chi connectivity index (χ1n) is 7.26. The third-order valence-corrected chi connectivity index (χ3v) is 4.01. The largest absolute Gasteiger partial charge is 0.356 e. The molecule has 0 aromatic carbocycles. The number of hydrazine groups is 1. The van der Waals surface area contributed by atoms with Crippen molar-refractivity contribution in [1.82, 2.24) is 9.97 Å². The molecule has 2 unspecified atom stereocenters. The van der Waals surface area contributed by atoms with Gasteiger partial charge in [-0.1, -0.05) is 13.8 Å². The fraction of sp³-hybridized carbons (Fsp3) is 0.714. The molecule has 5 nitrogen and oxygen atoms in total. The average Bonchev–Trinajstić information content (AvgIpc) is 3.21. The van der Waals surface area contributed by atoms with Crippen molar-refractivity contribution in [1.29, 1.82) is 0 Å². The highest BCUT2D eigenvalue weighted by atomic mass is 15.3.